The summed E-state index contributed by atoms with van der Waals surface area (Å²) in [6.07, 6.45) is 0. The molecule has 0 amide bonds. The normalized spacial score (nSPS) is 10.3. The number of benzene rings is 2. The first-order chi connectivity index (χ1) is 9.49. The van der Waals surface area contributed by atoms with Crippen LogP contribution in [0, 0.1) is 18.2 Å². The molecular weight excluding hydrogens is 253 g/mol. The van der Waals surface area contributed by atoms with E-state index in [1.807, 2.05) is 43.1 Å². The summed E-state index contributed by atoms with van der Waals surface area (Å²) < 4.78 is 13.8. The standard InChI is InChI=1S/C16H18FN3/c1-11-6-8-12(9-7-11)10-20(2)14-5-3-4-13(17)15(14)16(18)19/h3-9H,10H2,1-2H3,(H3,18,19). The van der Waals surface area contributed by atoms with Crippen LogP contribution in [0.15, 0.2) is 42.5 Å². The van der Waals surface area contributed by atoms with Crippen molar-refractivity contribution in [3.8, 4) is 0 Å². The van der Waals surface area contributed by atoms with Crippen molar-refractivity contribution < 1.29 is 4.39 Å². The van der Waals surface area contributed by atoms with Gasteiger partial charge in [-0.05, 0) is 24.6 Å². The molecule has 2 rings (SSSR count). The molecule has 2 aromatic rings. The molecule has 0 saturated heterocycles. The van der Waals surface area contributed by atoms with Crippen LogP contribution < -0.4 is 10.6 Å². The molecule has 3 nitrogen and oxygen atoms in total. The lowest BCUT2D eigenvalue weighted by Crippen LogP contribution is -2.23. The molecule has 0 atom stereocenters. The van der Waals surface area contributed by atoms with Gasteiger partial charge in [-0.2, -0.15) is 0 Å². The van der Waals surface area contributed by atoms with E-state index in [-0.39, 0.29) is 11.4 Å². The molecule has 0 spiro atoms. The van der Waals surface area contributed by atoms with Gasteiger partial charge in [0.05, 0.1) is 11.3 Å². The molecule has 4 heteroatoms. The van der Waals surface area contributed by atoms with E-state index in [1.165, 1.54) is 11.6 Å². The number of hydrogen-bond acceptors (Lipinski definition) is 2. The van der Waals surface area contributed by atoms with Gasteiger partial charge in [0.2, 0.25) is 0 Å². The van der Waals surface area contributed by atoms with Gasteiger partial charge in [-0.25, -0.2) is 4.39 Å². The Morgan fingerprint density at radius 1 is 1.20 bits per heavy atom. The summed E-state index contributed by atoms with van der Waals surface area (Å²) in [6.45, 7) is 2.66. The molecule has 0 fully saturated rings. The van der Waals surface area contributed by atoms with Gasteiger partial charge in [0.15, 0.2) is 0 Å². The lowest BCUT2D eigenvalue weighted by Gasteiger charge is -2.22. The molecule has 0 aliphatic heterocycles. The number of hydrogen-bond donors (Lipinski definition) is 2. The zero-order valence-electron chi connectivity index (χ0n) is 11.7. The number of aryl methyl sites for hydroxylation is 1. The molecule has 0 unspecified atom stereocenters. The van der Waals surface area contributed by atoms with Crippen molar-refractivity contribution in [1.82, 2.24) is 0 Å². The molecule has 0 aromatic heterocycles. The fraction of sp³-hybridized carbons (Fsp3) is 0.188. The number of nitrogens with one attached hydrogen (secondary N) is 1. The number of nitrogen functional groups attached to an aromatic ring is 1. The maximum atomic E-state index is 13.8. The van der Waals surface area contributed by atoms with Crippen LogP contribution in [0.1, 0.15) is 16.7 Å². The highest BCUT2D eigenvalue weighted by molar-refractivity contribution is 6.00. The summed E-state index contributed by atoms with van der Waals surface area (Å²) >= 11 is 0. The van der Waals surface area contributed by atoms with Crippen molar-refractivity contribution >= 4 is 11.5 Å². The summed E-state index contributed by atoms with van der Waals surface area (Å²) in [6, 6.07) is 12.9. The highest BCUT2D eigenvalue weighted by Gasteiger charge is 2.14. The average molecular weight is 271 g/mol. The largest absolute Gasteiger partial charge is 0.384 e. The Hall–Kier alpha value is -2.36. The highest BCUT2D eigenvalue weighted by atomic mass is 19.1. The number of nitrogens with two attached hydrogens (primary N) is 1. The Morgan fingerprint density at radius 2 is 1.85 bits per heavy atom. The van der Waals surface area contributed by atoms with Crippen LogP contribution in [0.3, 0.4) is 0 Å². The van der Waals surface area contributed by atoms with Gasteiger partial charge in [0, 0.05) is 13.6 Å². The first-order valence-corrected chi connectivity index (χ1v) is 6.38. The summed E-state index contributed by atoms with van der Waals surface area (Å²) in [5.41, 5.74) is 8.58. The smallest absolute Gasteiger partial charge is 0.136 e. The Labute approximate surface area is 118 Å². The van der Waals surface area contributed by atoms with Crippen LogP contribution in [0.2, 0.25) is 0 Å². The molecule has 0 radical (unpaired) electrons. The van der Waals surface area contributed by atoms with Crippen molar-refractivity contribution in [2.45, 2.75) is 13.5 Å². The first-order valence-electron chi connectivity index (χ1n) is 6.38. The first kappa shape index (κ1) is 14.1. The van der Waals surface area contributed by atoms with Gasteiger partial charge < -0.3 is 10.6 Å². The van der Waals surface area contributed by atoms with Gasteiger partial charge in [-0.1, -0.05) is 35.9 Å². The lowest BCUT2D eigenvalue weighted by molar-refractivity contribution is 0.624. The van der Waals surface area contributed by atoms with E-state index in [0.717, 1.165) is 5.56 Å². The third-order valence-electron chi connectivity index (χ3n) is 3.21. The zero-order chi connectivity index (χ0) is 14.7. The highest BCUT2D eigenvalue weighted by Crippen LogP contribution is 2.23. The lowest BCUT2D eigenvalue weighted by atomic mass is 10.1. The summed E-state index contributed by atoms with van der Waals surface area (Å²) in [7, 11) is 1.86. The second-order valence-corrected chi connectivity index (χ2v) is 4.89. The minimum Gasteiger partial charge on any atom is -0.384 e. The maximum Gasteiger partial charge on any atom is 0.136 e. The molecule has 20 heavy (non-hydrogen) atoms. The minimum absolute atomic E-state index is 0.155. The Morgan fingerprint density at radius 3 is 2.45 bits per heavy atom. The molecule has 0 aliphatic rings. The van der Waals surface area contributed by atoms with E-state index >= 15 is 0 Å². The molecule has 0 bridgehead atoms. The number of nitrogens with zero attached hydrogens (tertiary/aromatic N) is 1. The van der Waals surface area contributed by atoms with Crippen molar-refractivity contribution in [1.29, 1.82) is 5.41 Å². The van der Waals surface area contributed by atoms with Gasteiger partial charge >= 0.3 is 0 Å². The van der Waals surface area contributed by atoms with Gasteiger partial charge in [-0.3, -0.25) is 5.41 Å². The number of amidine groups is 1. The van der Waals surface area contributed by atoms with Crippen LogP contribution in [0.25, 0.3) is 0 Å². The maximum absolute atomic E-state index is 13.8. The van der Waals surface area contributed by atoms with Crippen LogP contribution in [-0.4, -0.2) is 12.9 Å². The van der Waals surface area contributed by atoms with E-state index in [0.29, 0.717) is 12.2 Å². The molecular formula is C16H18FN3. The fourth-order valence-corrected chi connectivity index (χ4v) is 2.15. The molecule has 0 aliphatic carbocycles. The Kier molecular flexibility index (Phi) is 4.03. The molecule has 104 valence electrons. The molecule has 2 aromatic carbocycles. The average Bonchev–Trinajstić information content (AvgIpc) is 2.40. The van der Waals surface area contributed by atoms with Crippen molar-refractivity contribution in [2.75, 3.05) is 11.9 Å². The van der Waals surface area contributed by atoms with Crippen LogP contribution in [0.5, 0.6) is 0 Å². The van der Waals surface area contributed by atoms with Crippen molar-refractivity contribution in [2.24, 2.45) is 5.73 Å². The third-order valence-corrected chi connectivity index (χ3v) is 3.21. The zero-order valence-corrected chi connectivity index (χ0v) is 11.7. The molecule has 3 N–H and O–H groups in total. The molecule has 0 heterocycles. The topological polar surface area (TPSA) is 53.1 Å². The summed E-state index contributed by atoms with van der Waals surface area (Å²) in [5.74, 6) is -0.723. The summed E-state index contributed by atoms with van der Waals surface area (Å²) in [4.78, 5) is 1.89. The van der Waals surface area contributed by atoms with E-state index in [2.05, 4.69) is 0 Å². The SMILES string of the molecule is Cc1ccc(CN(C)c2cccc(F)c2C(=N)N)cc1. The number of anilines is 1. The van der Waals surface area contributed by atoms with Crippen molar-refractivity contribution in [3.05, 3.63) is 65.0 Å². The quantitative estimate of drug-likeness (QED) is 0.663. The number of rotatable bonds is 4. The predicted octanol–water partition coefficient (Wildman–Crippen LogP) is 3.05. The summed E-state index contributed by atoms with van der Waals surface area (Å²) in [5, 5.41) is 7.53. The van der Waals surface area contributed by atoms with Gasteiger partial charge in [0.1, 0.15) is 11.7 Å². The van der Waals surface area contributed by atoms with Crippen LogP contribution >= 0.6 is 0 Å². The molecule has 0 saturated carbocycles. The van der Waals surface area contributed by atoms with E-state index in [4.69, 9.17) is 11.1 Å². The van der Waals surface area contributed by atoms with Crippen molar-refractivity contribution in [3.63, 3.8) is 0 Å². The fourth-order valence-electron chi connectivity index (χ4n) is 2.15. The van der Waals surface area contributed by atoms with Crippen LogP contribution in [0.4, 0.5) is 10.1 Å². The second kappa shape index (κ2) is 5.74. The van der Waals surface area contributed by atoms with Gasteiger partial charge in [-0.15, -0.1) is 0 Å². The van der Waals surface area contributed by atoms with Gasteiger partial charge in [0.25, 0.3) is 0 Å². The van der Waals surface area contributed by atoms with E-state index in [1.54, 1.807) is 12.1 Å². The predicted molar refractivity (Wildman–Crippen MR) is 80.7 cm³/mol. The Bertz CT molecular complexity index is 620. The third kappa shape index (κ3) is 2.96. The van der Waals surface area contributed by atoms with E-state index in [9.17, 15) is 4.39 Å². The number of halogens is 1. The van der Waals surface area contributed by atoms with E-state index < -0.39 is 5.82 Å². The Balaban J connectivity index is 2.29. The monoisotopic (exact) mass is 271 g/mol. The minimum atomic E-state index is -0.467. The van der Waals surface area contributed by atoms with Crippen LogP contribution in [-0.2, 0) is 6.54 Å². The second-order valence-electron chi connectivity index (χ2n) is 4.89.